The molecule has 0 aliphatic carbocycles. The molecule has 94 valence electrons. The Bertz CT molecular complexity index is 618. The van der Waals surface area contributed by atoms with Gasteiger partial charge in [0.05, 0.1) is 5.37 Å². The lowest BCUT2D eigenvalue weighted by Crippen LogP contribution is -2.03. The Kier molecular flexibility index (Phi) is 5.01. The van der Waals surface area contributed by atoms with E-state index in [2.05, 4.69) is 0 Å². The van der Waals surface area contributed by atoms with Crippen LogP contribution in [0.15, 0.2) is 30.3 Å². The largest absolute Gasteiger partial charge is 0.481 e. The summed E-state index contributed by atoms with van der Waals surface area (Å²) in [5, 5.41) is 9.43. The number of ketones is 1. The van der Waals surface area contributed by atoms with E-state index in [4.69, 9.17) is 5.11 Å². The molecule has 0 aromatic heterocycles. The number of rotatable bonds is 5. The summed E-state index contributed by atoms with van der Waals surface area (Å²) in [5.74, 6) is -1.76. The van der Waals surface area contributed by atoms with Crippen LogP contribution in [0.3, 0.4) is 0 Å². The van der Waals surface area contributed by atoms with Gasteiger partial charge in [0.15, 0.2) is 5.78 Å². The predicted octanol–water partition coefficient (Wildman–Crippen LogP) is 0.773. The summed E-state index contributed by atoms with van der Waals surface area (Å²) in [5.41, 5.74) is 0.964. The van der Waals surface area contributed by atoms with Crippen molar-refractivity contribution in [2.45, 2.75) is 6.42 Å². The van der Waals surface area contributed by atoms with Gasteiger partial charge >= 0.3 is 5.97 Å². The second-order valence-electron chi connectivity index (χ2n) is 3.38. The minimum absolute atomic E-state index is 0.435. The molecule has 0 saturated heterocycles. The van der Waals surface area contributed by atoms with Gasteiger partial charge in [0.2, 0.25) is 10.3 Å². The fourth-order valence-corrected chi connectivity index (χ4v) is 1.69. The van der Waals surface area contributed by atoms with Gasteiger partial charge in [-0.15, -0.1) is 0 Å². The van der Waals surface area contributed by atoms with Crippen LogP contribution in [0, 0.1) is 0 Å². The number of hydrogen-bond acceptors (Lipinski definition) is 4. The number of carboxylic acids is 1. The molecule has 0 amide bonds. The Morgan fingerprint density at radius 3 is 2.33 bits per heavy atom. The number of carbonyl (C=O) groups is 2. The molecule has 0 atom stereocenters. The third-order valence-corrected chi connectivity index (χ3v) is 2.44. The highest BCUT2D eigenvalue weighted by atomic mass is 32.2. The Morgan fingerprint density at radius 2 is 1.78 bits per heavy atom. The summed E-state index contributed by atoms with van der Waals surface area (Å²) in [6.07, 6.45) is 1.92. The molecule has 1 N–H and O–H groups in total. The normalized spacial score (nSPS) is 10.2. The van der Waals surface area contributed by atoms with Gasteiger partial charge in [-0.05, 0) is 17.2 Å². The summed E-state index contributed by atoms with van der Waals surface area (Å²) in [7, 11) is -2.34. The second-order valence-corrected chi connectivity index (χ2v) is 4.13. The van der Waals surface area contributed by atoms with E-state index in [1.807, 2.05) is 0 Å². The molecule has 0 heterocycles. The molecule has 1 rings (SSSR count). The van der Waals surface area contributed by atoms with E-state index >= 15 is 0 Å². The summed E-state index contributed by atoms with van der Waals surface area (Å²) in [6.45, 7) is 0. The van der Waals surface area contributed by atoms with E-state index < -0.39 is 28.5 Å². The van der Waals surface area contributed by atoms with E-state index in [9.17, 15) is 18.0 Å². The lowest BCUT2D eigenvalue weighted by atomic mass is 10.1. The van der Waals surface area contributed by atoms with Crippen molar-refractivity contribution in [3.63, 3.8) is 0 Å². The van der Waals surface area contributed by atoms with E-state index in [1.165, 1.54) is 6.08 Å². The second kappa shape index (κ2) is 6.51. The number of hydrogen-bond donors (Lipinski definition) is 1. The molecule has 1 aromatic carbocycles. The van der Waals surface area contributed by atoms with Crippen LogP contribution in [0.5, 0.6) is 0 Å². The van der Waals surface area contributed by atoms with Crippen molar-refractivity contribution in [3.8, 4) is 0 Å². The van der Waals surface area contributed by atoms with Crippen LogP contribution in [-0.4, -0.2) is 30.6 Å². The number of benzene rings is 1. The quantitative estimate of drug-likeness (QED) is 0.483. The highest BCUT2D eigenvalue weighted by Gasteiger charge is 2.03. The van der Waals surface area contributed by atoms with Crippen LogP contribution in [0.1, 0.15) is 17.5 Å². The van der Waals surface area contributed by atoms with Crippen molar-refractivity contribution in [2.24, 2.45) is 0 Å². The molecule has 0 fully saturated rings. The Balaban J connectivity index is 2.98. The fraction of sp³-hybridized carbons (Fsp3) is 0.0833. The first-order valence-corrected chi connectivity index (χ1v) is 6.07. The van der Waals surface area contributed by atoms with E-state index in [-0.39, 0.29) is 0 Å². The van der Waals surface area contributed by atoms with Crippen molar-refractivity contribution in [3.05, 3.63) is 41.5 Å². The Hall–Kier alpha value is -2.21. The van der Waals surface area contributed by atoms with Crippen molar-refractivity contribution >= 4 is 33.5 Å². The average molecular weight is 266 g/mol. The summed E-state index contributed by atoms with van der Waals surface area (Å²) in [6, 6.07) is 6.56. The van der Waals surface area contributed by atoms with Crippen LogP contribution < -0.4 is 0 Å². The number of carboxylic acid groups (broad SMARTS) is 1. The van der Waals surface area contributed by atoms with Crippen LogP contribution in [-0.2, 0) is 19.9 Å². The molecule has 0 spiro atoms. The summed E-state index contributed by atoms with van der Waals surface area (Å²) in [4.78, 5) is 21.5. The van der Waals surface area contributed by atoms with Crippen molar-refractivity contribution in [1.82, 2.24) is 0 Å². The van der Waals surface area contributed by atoms with Crippen LogP contribution in [0.2, 0.25) is 0 Å². The molecule has 0 radical (unpaired) electrons. The van der Waals surface area contributed by atoms with E-state index in [0.29, 0.717) is 11.1 Å². The lowest BCUT2D eigenvalue weighted by molar-refractivity contribution is -0.139. The van der Waals surface area contributed by atoms with Gasteiger partial charge in [-0.25, -0.2) is 0 Å². The zero-order valence-electron chi connectivity index (χ0n) is 9.24. The molecule has 6 heteroatoms. The van der Waals surface area contributed by atoms with Gasteiger partial charge in [0.1, 0.15) is 6.42 Å². The van der Waals surface area contributed by atoms with Crippen LogP contribution in [0.25, 0.3) is 6.08 Å². The Labute approximate surface area is 105 Å². The van der Waals surface area contributed by atoms with E-state index in [1.54, 1.807) is 24.3 Å². The maximum absolute atomic E-state index is 11.2. The first kappa shape index (κ1) is 13.9. The fourth-order valence-electron chi connectivity index (χ4n) is 1.26. The molecule has 0 saturated carbocycles. The maximum Gasteiger partial charge on any atom is 0.311 e. The van der Waals surface area contributed by atoms with Gasteiger partial charge in [-0.3, -0.25) is 9.59 Å². The SMILES string of the molecule is O=C(O)CC(=O)C=Cc1ccccc1C=S(=O)=O. The monoisotopic (exact) mass is 266 g/mol. The number of carbonyl (C=O) groups excluding carboxylic acids is 1. The van der Waals surface area contributed by atoms with Crippen LogP contribution >= 0.6 is 0 Å². The van der Waals surface area contributed by atoms with E-state index in [0.717, 1.165) is 11.4 Å². The minimum Gasteiger partial charge on any atom is -0.481 e. The highest BCUT2D eigenvalue weighted by molar-refractivity contribution is 7.71. The maximum atomic E-state index is 11.2. The molecule has 0 bridgehead atoms. The number of allylic oxidation sites excluding steroid dienone is 1. The molecule has 0 unspecified atom stereocenters. The van der Waals surface area contributed by atoms with Gasteiger partial charge in [-0.1, -0.05) is 30.3 Å². The summed E-state index contributed by atoms with van der Waals surface area (Å²) < 4.78 is 21.2. The van der Waals surface area contributed by atoms with Gasteiger partial charge in [-0.2, -0.15) is 8.42 Å². The lowest BCUT2D eigenvalue weighted by Gasteiger charge is -1.97. The number of aliphatic carboxylic acids is 1. The molecule has 5 nitrogen and oxygen atoms in total. The first-order valence-electron chi connectivity index (χ1n) is 4.93. The average Bonchev–Trinajstić information content (AvgIpc) is 2.26. The molecule has 0 aliphatic heterocycles. The third-order valence-electron chi connectivity index (χ3n) is 1.99. The first-order chi connectivity index (χ1) is 8.49. The molecule has 0 aliphatic rings. The molecule has 1 aromatic rings. The van der Waals surface area contributed by atoms with Gasteiger partial charge in [0, 0.05) is 0 Å². The minimum atomic E-state index is -2.34. The Morgan fingerprint density at radius 1 is 1.17 bits per heavy atom. The highest BCUT2D eigenvalue weighted by Crippen LogP contribution is 2.08. The zero-order valence-corrected chi connectivity index (χ0v) is 10.1. The molecular weight excluding hydrogens is 256 g/mol. The zero-order chi connectivity index (χ0) is 13.5. The topological polar surface area (TPSA) is 88.5 Å². The van der Waals surface area contributed by atoms with Gasteiger partial charge < -0.3 is 5.11 Å². The standard InChI is InChI=1S/C12H10O5S/c13-11(7-12(14)15)6-5-9-3-1-2-4-10(9)8-18(16)17/h1-6,8H,7H2,(H,14,15). The molecular formula is C12H10O5S. The van der Waals surface area contributed by atoms with Crippen molar-refractivity contribution in [1.29, 1.82) is 0 Å². The predicted molar refractivity (Wildman–Crippen MR) is 66.8 cm³/mol. The summed E-state index contributed by atoms with van der Waals surface area (Å²) >= 11 is 0. The third kappa shape index (κ3) is 4.75. The van der Waals surface area contributed by atoms with Gasteiger partial charge in [0.25, 0.3) is 0 Å². The van der Waals surface area contributed by atoms with Crippen molar-refractivity contribution in [2.75, 3.05) is 0 Å². The smallest absolute Gasteiger partial charge is 0.311 e. The van der Waals surface area contributed by atoms with Crippen LogP contribution in [0.4, 0.5) is 0 Å². The van der Waals surface area contributed by atoms with Crippen molar-refractivity contribution < 1.29 is 23.1 Å². The molecule has 18 heavy (non-hydrogen) atoms.